The van der Waals surface area contributed by atoms with Crippen LogP contribution in [0.3, 0.4) is 0 Å². The monoisotopic (exact) mass is 392 g/mol. The molecular formula is C19H19FNO5S+. The van der Waals surface area contributed by atoms with E-state index < -0.39 is 16.2 Å². The van der Waals surface area contributed by atoms with Crippen LogP contribution in [0.15, 0.2) is 53.6 Å². The Bertz CT molecular complexity index is 1050. The summed E-state index contributed by atoms with van der Waals surface area (Å²) in [5, 5.41) is 0.677. The zero-order valence-corrected chi connectivity index (χ0v) is 15.7. The summed E-state index contributed by atoms with van der Waals surface area (Å²) in [4.78, 5) is 11.5. The van der Waals surface area contributed by atoms with Crippen LogP contribution in [0, 0.1) is 5.82 Å². The van der Waals surface area contributed by atoms with E-state index in [2.05, 4.69) is 4.74 Å². The molecule has 3 rings (SSSR count). The fourth-order valence-corrected chi connectivity index (χ4v) is 4.31. The van der Waals surface area contributed by atoms with Crippen molar-refractivity contribution in [3.05, 3.63) is 60.0 Å². The number of carbonyl (C=O) groups excluding carboxylic acids is 1. The van der Waals surface area contributed by atoms with Gasteiger partial charge in [0.25, 0.3) is 0 Å². The van der Waals surface area contributed by atoms with Gasteiger partial charge in [-0.05, 0) is 46.5 Å². The molecule has 0 spiro atoms. The number of carbonyl (C=O) groups is 1. The molecule has 0 aliphatic carbocycles. The third-order valence-corrected chi connectivity index (χ3v) is 5.96. The van der Waals surface area contributed by atoms with Gasteiger partial charge in [-0.1, -0.05) is 6.07 Å². The van der Waals surface area contributed by atoms with Gasteiger partial charge in [-0.15, -0.1) is 3.97 Å². The lowest BCUT2D eigenvalue weighted by Crippen LogP contribution is -2.19. The number of nitrogens with zero attached hydrogens (tertiary/aromatic N) is 1. The van der Waals surface area contributed by atoms with E-state index in [-0.39, 0.29) is 17.3 Å². The third kappa shape index (κ3) is 3.72. The van der Waals surface area contributed by atoms with Gasteiger partial charge in [0.1, 0.15) is 17.1 Å². The van der Waals surface area contributed by atoms with E-state index in [1.54, 1.807) is 18.2 Å². The van der Waals surface area contributed by atoms with Crippen LogP contribution in [0.5, 0.6) is 5.75 Å². The molecule has 1 heterocycles. The van der Waals surface area contributed by atoms with Gasteiger partial charge in [0, 0.05) is 17.9 Å². The molecule has 0 radical (unpaired) electrons. The van der Waals surface area contributed by atoms with Crippen LogP contribution in [0.4, 0.5) is 4.39 Å². The number of hydrogen-bond acceptors (Lipinski definition) is 4. The van der Waals surface area contributed by atoms with Crippen molar-refractivity contribution in [1.29, 1.82) is 0 Å². The maximum atomic E-state index is 13.6. The predicted octanol–water partition coefficient (Wildman–Crippen LogP) is 3.69. The minimum Gasteiger partial charge on any atom is -0.497 e. The Kier molecular flexibility index (Phi) is 5.29. The van der Waals surface area contributed by atoms with E-state index in [1.807, 2.05) is 0 Å². The van der Waals surface area contributed by atoms with Crippen LogP contribution in [0.2, 0.25) is 0 Å². The van der Waals surface area contributed by atoms with E-state index in [0.29, 0.717) is 28.6 Å². The molecule has 2 aromatic carbocycles. The summed E-state index contributed by atoms with van der Waals surface area (Å²) in [6, 6.07) is 10.1. The van der Waals surface area contributed by atoms with Gasteiger partial charge in [0.15, 0.2) is 0 Å². The lowest BCUT2D eigenvalue weighted by molar-refractivity contribution is -0.140. The second-order valence-electron chi connectivity index (χ2n) is 5.89. The largest absolute Gasteiger partial charge is 0.497 e. The van der Waals surface area contributed by atoms with Crippen molar-refractivity contribution in [3.63, 3.8) is 0 Å². The molecule has 1 unspecified atom stereocenters. The number of aromatic nitrogens is 1. The molecule has 1 N–H and O–H groups in total. The first-order chi connectivity index (χ1) is 12.9. The molecule has 0 bridgehead atoms. The Morgan fingerprint density at radius 3 is 2.67 bits per heavy atom. The number of fused-ring (bicyclic) bond motifs is 1. The van der Waals surface area contributed by atoms with Gasteiger partial charge in [0.05, 0.1) is 20.4 Å². The summed E-state index contributed by atoms with van der Waals surface area (Å²) in [5.74, 6) is -0.401. The first-order valence-electron chi connectivity index (χ1n) is 8.14. The lowest BCUT2D eigenvalue weighted by Gasteiger charge is -2.07. The quantitative estimate of drug-likeness (QED) is 0.511. The first kappa shape index (κ1) is 19.1. The van der Waals surface area contributed by atoms with Gasteiger partial charge in [-0.3, -0.25) is 4.79 Å². The second-order valence-corrected chi connectivity index (χ2v) is 7.75. The van der Waals surface area contributed by atoms with E-state index in [1.165, 1.54) is 42.6 Å². The molecule has 0 aliphatic rings. The van der Waals surface area contributed by atoms with Crippen LogP contribution in [0.1, 0.15) is 12.0 Å². The van der Waals surface area contributed by atoms with Crippen LogP contribution in [0.25, 0.3) is 10.9 Å². The Morgan fingerprint density at radius 2 is 2.00 bits per heavy atom. The average molecular weight is 392 g/mol. The first-order valence-corrected chi connectivity index (χ1v) is 9.61. The molecule has 1 aromatic heterocycles. The summed E-state index contributed by atoms with van der Waals surface area (Å²) in [6.07, 6.45) is 1.96. The minimum atomic E-state index is -3.76. The maximum absolute atomic E-state index is 13.6. The van der Waals surface area contributed by atoms with E-state index in [0.717, 1.165) is 6.07 Å². The highest BCUT2D eigenvalue weighted by Crippen LogP contribution is 2.32. The van der Waals surface area contributed by atoms with Crippen molar-refractivity contribution >= 4 is 27.3 Å². The average Bonchev–Trinajstić information content (AvgIpc) is 3.04. The zero-order chi connectivity index (χ0) is 19.6. The number of aryl methyl sites for hydroxylation is 1. The van der Waals surface area contributed by atoms with Crippen molar-refractivity contribution in [1.82, 2.24) is 3.97 Å². The van der Waals surface area contributed by atoms with Crippen molar-refractivity contribution in [2.75, 3.05) is 14.2 Å². The second kappa shape index (κ2) is 7.50. The molecule has 0 fully saturated rings. The molecule has 0 aliphatic heterocycles. The number of halogens is 1. The highest BCUT2D eigenvalue weighted by molar-refractivity contribution is 7.96. The molecule has 27 heavy (non-hydrogen) atoms. The van der Waals surface area contributed by atoms with E-state index >= 15 is 0 Å². The summed E-state index contributed by atoms with van der Waals surface area (Å²) < 4.78 is 48.6. The van der Waals surface area contributed by atoms with E-state index in [9.17, 15) is 17.9 Å². The van der Waals surface area contributed by atoms with Crippen molar-refractivity contribution in [2.24, 2.45) is 0 Å². The molecular weight excluding hydrogens is 373 g/mol. The van der Waals surface area contributed by atoms with Crippen molar-refractivity contribution < 1.29 is 27.4 Å². The van der Waals surface area contributed by atoms with Gasteiger partial charge in [0.2, 0.25) is 4.90 Å². The molecule has 8 heteroatoms. The van der Waals surface area contributed by atoms with Gasteiger partial charge in [-0.2, -0.15) is 4.55 Å². The van der Waals surface area contributed by atoms with Crippen molar-refractivity contribution in [2.45, 2.75) is 17.7 Å². The van der Waals surface area contributed by atoms with Crippen molar-refractivity contribution in [3.8, 4) is 5.75 Å². The number of benzene rings is 2. The Labute approximate surface area is 156 Å². The molecule has 142 valence electrons. The summed E-state index contributed by atoms with van der Waals surface area (Å²) in [5.41, 5.74) is 1.17. The highest BCUT2D eigenvalue weighted by Gasteiger charge is 2.35. The van der Waals surface area contributed by atoms with Gasteiger partial charge >= 0.3 is 16.4 Å². The van der Waals surface area contributed by atoms with Gasteiger partial charge in [-0.25, -0.2) is 4.39 Å². The highest BCUT2D eigenvalue weighted by atomic mass is 32.3. The van der Waals surface area contributed by atoms with Crippen LogP contribution in [-0.4, -0.2) is 28.7 Å². The Balaban J connectivity index is 2.15. The van der Waals surface area contributed by atoms with Gasteiger partial charge < -0.3 is 9.47 Å². The number of ether oxygens (including phenoxy) is 2. The van der Waals surface area contributed by atoms with Crippen LogP contribution < -0.4 is 4.74 Å². The minimum absolute atomic E-state index is 0.0465. The Hall–Kier alpha value is -2.71. The predicted molar refractivity (Wildman–Crippen MR) is 99.6 cm³/mol. The van der Waals surface area contributed by atoms with Crippen LogP contribution >= 0.6 is 0 Å². The standard InChI is InChI=1S/C19H18FNO5S/c1-25-15-7-8-18-17(11-15)13(6-9-19(22)26-2)12-21(18)27(23,24)16-5-3-4-14(20)10-16/h3-5,7-8,10-12H,6,9H2,1-2H3/p+1. The molecule has 3 aromatic rings. The summed E-state index contributed by atoms with van der Waals surface area (Å²) in [7, 11) is -0.935. The van der Waals surface area contributed by atoms with E-state index in [4.69, 9.17) is 4.74 Å². The van der Waals surface area contributed by atoms with Crippen LogP contribution in [-0.2, 0) is 30.6 Å². The normalized spacial score (nSPS) is 13.3. The summed E-state index contributed by atoms with van der Waals surface area (Å²) in [6.45, 7) is 0. The lowest BCUT2D eigenvalue weighted by atomic mass is 10.1. The number of esters is 1. The zero-order valence-electron chi connectivity index (χ0n) is 14.8. The number of rotatable bonds is 6. The fraction of sp³-hybridized carbons (Fsp3) is 0.211. The molecule has 6 nitrogen and oxygen atoms in total. The number of hydrogen-bond donors (Lipinski definition) is 1. The molecule has 0 saturated carbocycles. The Morgan fingerprint density at radius 1 is 1.22 bits per heavy atom. The maximum Gasteiger partial charge on any atom is 0.352 e. The number of methoxy groups -OCH3 is 2. The topological polar surface area (TPSA) is 77.8 Å². The smallest absolute Gasteiger partial charge is 0.352 e. The molecule has 0 amide bonds. The fourth-order valence-electron chi connectivity index (χ4n) is 2.86. The third-order valence-electron chi connectivity index (χ3n) is 4.26. The molecule has 0 saturated heterocycles. The SMILES string of the molecule is COC(=O)CCc1cn([S+](=O)(O)c2cccc(F)c2)c2ccc(OC)cc12. The molecule has 1 atom stereocenters. The summed E-state index contributed by atoms with van der Waals surface area (Å²) >= 11 is 0.